The van der Waals surface area contributed by atoms with E-state index in [-0.39, 0.29) is 17.9 Å². The number of aromatic nitrogens is 2. The summed E-state index contributed by atoms with van der Waals surface area (Å²) >= 11 is 0. The number of carbonyl (C=O) groups is 1. The van der Waals surface area contributed by atoms with E-state index in [0.717, 1.165) is 40.5 Å². The minimum Gasteiger partial charge on any atom is -0.321 e. The van der Waals surface area contributed by atoms with Crippen LogP contribution in [0.1, 0.15) is 21.6 Å². The molecule has 2 N–H and O–H groups in total. The molecule has 0 saturated carbocycles. The van der Waals surface area contributed by atoms with Gasteiger partial charge in [-0.2, -0.15) is 13.2 Å². The van der Waals surface area contributed by atoms with Gasteiger partial charge in [0.1, 0.15) is 5.69 Å². The Morgan fingerprint density at radius 1 is 1.00 bits per heavy atom. The molecular formula is C19H14F3N3O3. The van der Waals surface area contributed by atoms with Crippen molar-refractivity contribution >= 4 is 11.6 Å². The van der Waals surface area contributed by atoms with Gasteiger partial charge in [0.25, 0.3) is 11.5 Å². The lowest BCUT2D eigenvalue weighted by molar-refractivity contribution is -0.137. The molecule has 28 heavy (non-hydrogen) atoms. The first-order valence-electron chi connectivity index (χ1n) is 8.11. The summed E-state index contributed by atoms with van der Waals surface area (Å²) < 4.78 is 38.6. The lowest BCUT2D eigenvalue weighted by atomic mass is 10.2. The summed E-state index contributed by atoms with van der Waals surface area (Å²) in [5.74, 6) is -0.819. The van der Waals surface area contributed by atoms with Crippen LogP contribution in [0.3, 0.4) is 0 Å². The summed E-state index contributed by atoms with van der Waals surface area (Å²) in [6.07, 6.45) is -4.49. The molecule has 0 unspecified atom stereocenters. The average molecular weight is 389 g/mol. The number of hydrogen-bond donors (Lipinski definition) is 2. The van der Waals surface area contributed by atoms with Crippen LogP contribution in [0, 0.1) is 0 Å². The van der Waals surface area contributed by atoms with E-state index in [9.17, 15) is 27.6 Å². The molecule has 0 aliphatic heterocycles. The quantitative estimate of drug-likeness (QED) is 0.720. The van der Waals surface area contributed by atoms with Crippen LogP contribution in [0.4, 0.5) is 18.9 Å². The number of nitrogens with zero attached hydrogens (tertiary/aromatic N) is 1. The number of halogens is 3. The largest absolute Gasteiger partial charge is 0.416 e. The van der Waals surface area contributed by atoms with Crippen LogP contribution >= 0.6 is 0 Å². The van der Waals surface area contributed by atoms with Crippen LogP contribution in [0.15, 0.2) is 70.3 Å². The molecule has 1 aromatic heterocycles. The van der Waals surface area contributed by atoms with E-state index >= 15 is 0 Å². The molecule has 2 aromatic carbocycles. The van der Waals surface area contributed by atoms with Crippen molar-refractivity contribution in [1.29, 1.82) is 0 Å². The predicted octanol–water partition coefficient (Wildman–Crippen LogP) is 2.86. The van der Waals surface area contributed by atoms with E-state index in [1.54, 1.807) is 30.3 Å². The molecule has 0 aliphatic rings. The van der Waals surface area contributed by atoms with Gasteiger partial charge in [-0.05, 0) is 29.8 Å². The van der Waals surface area contributed by atoms with E-state index in [4.69, 9.17) is 0 Å². The maximum Gasteiger partial charge on any atom is 0.416 e. The topological polar surface area (TPSA) is 84.0 Å². The van der Waals surface area contributed by atoms with Gasteiger partial charge < -0.3 is 10.3 Å². The Balaban J connectivity index is 1.79. The standard InChI is InChI=1S/C19H14F3N3O3/c20-19(21,22)13-6-8-14(9-7-13)23-17(27)15-10-16(26)25(18(28)24-15)11-12-4-2-1-3-5-12/h1-10H,11H2,(H,23,27)(H,24,28). The fourth-order valence-electron chi connectivity index (χ4n) is 2.50. The fourth-order valence-corrected chi connectivity index (χ4v) is 2.50. The van der Waals surface area contributed by atoms with Crippen molar-refractivity contribution in [3.8, 4) is 0 Å². The second-order valence-corrected chi connectivity index (χ2v) is 5.93. The number of amides is 1. The Morgan fingerprint density at radius 3 is 2.21 bits per heavy atom. The third-order valence-electron chi connectivity index (χ3n) is 3.92. The average Bonchev–Trinajstić information content (AvgIpc) is 2.65. The molecule has 6 nitrogen and oxygen atoms in total. The molecule has 0 saturated heterocycles. The molecule has 9 heteroatoms. The maximum absolute atomic E-state index is 12.6. The molecular weight excluding hydrogens is 375 g/mol. The van der Waals surface area contributed by atoms with Crippen molar-refractivity contribution in [1.82, 2.24) is 9.55 Å². The van der Waals surface area contributed by atoms with Crippen LogP contribution < -0.4 is 16.6 Å². The van der Waals surface area contributed by atoms with Gasteiger partial charge in [-0.25, -0.2) is 4.79 Å². The number of benzene rings is 2. The first kappa shape index (κ1) is 19.2. The van der Waals surface area contributed by atoms with Gasteiger partial charge in [-0.3, -0.25) is 14.2 Å². The summed E-state index contributed by atoms with van der Waals surface area (Å²) in [6.45, 7) is 0.0375. The van der Waals surface area contributed by atoms with Gasteiger partial charge >= 0.3 is 11.9 Å². The minimum atomic E-state index is -4.49. The summed E-state index contributed by atoms with van der Waals surface area (Å²) in [4.78, 5) is 38.9. The number of nitrogens with one attached hydrogen (secondary N) is 2. The van der Waals surface area contributed by atoms with Gasteiger partial charge in [-0.1, -0.05) is 30.3 Å². The van der Waals surface area contributed by atoms with Crippen LogP contribution in [0.2, 0.25) is 0 Å². The van der Waals surface area contributed by atoms with Crippen LogP contribution in [0.5, 0.6) is 0 Å². The lowest BCUT2D eigenvalue weighted by Crippen LogP contribution is -2.37. The molecule has 3 rings (SSSR count). The highest BCUT2D eigenvalue weighted by molar-refractivity contribution is 6.02. The van der Waals surface area contributed by atoms with Crippen LogP contribution in [0.25, 0.3) is 0 Å². The highest BCUT2D eigenvalue weighted by Gasteiger charge is 2.30. The van der Waals surface area contributed by atoms with Gasteiger partial charge in [0.05, 0.1) is 12.1 Å². The Labute approximate surface area is 156 Å². The van der Waals surface area contributed by atoms with Crippen molar-refractivity contribution in [2.24, 2.45) is 0 Å². The zero-order valence-electron chi connectivity index (χ0n) is 14.3. The first-order valence-corrected chi connectivity index (χ1v) is 8.11. The molecule has 0 atom stereocenters. The van der Waals surface area contributed by atoms with Crippen molar-refractivity contribution in [2.75, 3.05) is 5.32 Å². The van der Waals surface area contributed by atoms with Gasteiger partial charge in [0, 0.05) is 11.8 Å². The molecule has 1 heterocycles. The van der Waals surface area contributed by atoms with Gasteiger partial charge in [0.2, 0.25) is 0 Å². The van der Waals surface area contributed by atoms with Crippen molar-refractivity contribution in [2.45, 2.75) is 12.7 Å². The zero-order chi connectivity index (χ0) is 20.3. The Morgan fingerprint density at radius 2 is 1.64 bits per heavy atom. The SMILES string of the molecule is O=C(Nc1ccc(C(F)(F)F)cc1)c1cc(=O)n(Cc2ccccc2)c(=O)[nH]1. The van der Waals surface area contributed by atoms with Crippen molar-refractivity contribution < 1.29 is 18.0 Å². The zero-order valence-corrected chi connectivity index (χ0v) is 14.3. The number of carbonyl (C=O) groups excluding carboxylic acids is 1. The van der Waals surface area contributed by atoms with E-state index in [1.165, 1.54) is 0 Å². The van der Waals surface area contributed by atoms with E-state index in [1.807, 2.05) is 0 Å². The first-order chi connectivity index (χ1) is 13.2. The van der Waals surface area contributed by atoms with E-state index in [2.05, 4.69) is 10.3 Å². The van der Waals surface area contributed by atoms with Crippen molar-refractivity contribution in [3.63, 3.8) is 0 Å². The van der Waals surface area contributed by atoms with Crippen LogP contribution in [-0.4, -0.2) is 15.5 Å². The third kappa shape index (κ3) is 4.37. The van der Waals surface area contributed by atoms with Crippen molar-refractivity contribution in [3.05, 3.63) is 98.3 Å². The number of aromatic amines is 1. The molecule has 0 bridgehead atoms. The smallest absolute Gasteiger partial charge is 0.321 e. The van der Waals surface area contributed by atoms with Gasteiger partial charge in [-0.15, -0.1) is 0 Å². The van der Waals surface area contributed by atoms with Gasteiger partial charge in [0.15, 0.2) is 0 Å². The Kier molecular flexibility index (Phi) is 5.16. The number of alkyl halides is 3. The lowest BCUT2D eigenvalue weighted by Gasteiger charge is -2.09. The van der Waals surface area contributed by atoms with Crippen LogP contribution in [-0.2, 0) is 12.7 Å². The molecule has 0 spiro atoms. The highest BCUT2D eigenvalue weighted by Crippen LogP contribution is 2.29. The molecule has 0 fully saturated rings. The second-order valence-electron chi connectivity index (χ2n) is 5.93. The number of H-pyrrole nitrogens is 1. The predicted molar refractivity (Wildman–Crippen MR) is 96.3 cm³/mol. The fraction of sp³-hybridized carbons (Fsp3) is 0.105. The molecule has 144 valence electrons. The minimum absolute atomic E-state index is 0.0375. The molecule has 0 radical (unpaired) electrons. The highest BCUT2D eigenvalue weighted by atomic mass is 19.4. The molecule has 0 aliphatic carbocycles. The summed E-state index contributed by atoms with van der Waals surface area (Å²) in [7, 11) is 0. The summed E-state index contributed by atoms with van der Waals surface area (Å²) in [6, 6.07) is 13.6. The van der Waals surface area contributed by atoms with E-state index < -0.39 is 28.9 Å². The number of rotatable bonds is 4. The summed E-state index contributed by atoms with van der Waals surface area (Å²) in [5.41, 5.74) is -1.77. The molecule has 3 aromatic rings. The van der Waals surface area contributed by atoms with E-state index in [0.29, 0.717) is 0 Å². The number of anilines is 1. The Hall–Kier alpha value is -3.62. The second kappa shape index (κ2) is 7.55. The normalized spacial score (nSPS) is 11.2. The number of hydrogen-bond acceptors (Lipinski definition) is 3. The maximum atomic E-state index is 12.6. The molecule has 1 amide bonds. The summed E-state index contributed by atoms with van der Waals surface area (Å²) in [5, 5.41) is 2.34. The monoisotopic (exact) mass is 389 g/mol. The Bertz CT molecular complexity index is 1070. The third-order valence-corrected chi connectivity index (χ3v) is 3.92.